The Hall–Kier alpha value is -3.13. The Morgan fingerprint density at radius 2 is 1.97 bits per heavy atom. The van der Waals surface area contributed by atoms with Crippen LogP contribution >= 0.6 is 0 Å². The Balaban J connectivity index is 1.56. The molecular weight excluding hydrogens is 390 g/mol. The molecule has 1 atom stereocenters. The monoisotopic (exact) mass is 411 g/mol. The number of aryl methyl sites for hydroxylation is 1. The molecule has 0 saturated carbocycles. The summed E-state index contributed by atoms with van der Waals surface area (Å²) in [5.74, 6) is -0.455. The fraction of sp³-hybridized carbons (Fsp3) is 0.238. The van der Waals surface area contributed by atoms with E-state index in [2.05, 4.69) is 16.6 Å². The zero-order chi connectivity index (χ0) is 20.8. The predicted molar refractivity (Wildman–Crippen MR) is 109 cm³/mol. The summed E-state index contributed by atoms with van der Waals surface area (Å²) in [4.78, 5) is 26.7. The summed E-state index contributed by atoms with van der Waals surface area (Å²) in [6.07, 6.45) is 1.15. The van der Waals surface area contributed by atoms with E-state index < -0.39 is 16.1 Å². The largest absolute Gasteiger partial charge is 0.329 e. The Bertz CT molecular complexity index is 1140. The number of fused-ring (bicyclic) bond motifs is 1. The standard InChI is InChI=1S/C21H21N3O4S/c1-13-4-3-5-17(10-13)29(27,28)23-16-7-8-18-15(11-16)12-24(21(18)26)19-9-6-14(2)22-20(19)25/h3-5,7-8,10-11,19,23H,2,6,9,12H2,1H3,(H,22,25). The summed E-state index contributed by atoms with van der Waals surface area (Å²) in [5.41, 5.74) is 3.05. The highest BCUT2D eigenvalue weighted by molar-refractivity contribution is 7.92. The van der Waals surface area contributed by atoms with Gasteiger partial charge in [0.05, 0.1) is 4.90 Å². The van der Waals surface area contributed by atoms with Crippen LogP contribution in [-0.4, -0.2) is 31.2 Å². The Kier molecular flexibility index (Phi) is 4.66. The van der Waals surface area contributed by atoms with Crippen LogP contribution < -0.4 is 10.0 Å². The van der Waals surface area contributed by atoms with Crippen LogP contribution in [0.1, 0.15) is 34.3 Å². The lowest BCUT2D eigenvalue weighted by atomic mass is 10.0. The van der Waals surface area contributed by atoms with Gasteiger partial charge in [-0.05, 0) is 61.2 Å². The summed E-state index contributed by atoms with van der Waals surface area (Å²) >= 11 is 0. The number of carbonyl (C=O) groups is 2. The number of hydrogen-bond acceptors (Lipinski definition) is 4. The van der Waals surface area contributed by atoms with E-state index in [1.165, 1.54) is 11.0 Å². The van der Waals surface area contributed by atoms with Crippen molar-refractivity contribution in [2.24, 2.45) is 0 Å². The molecule has 2 aliphatic rings. The molecule has 0 radical (unpaired) electrons. The van der Waals surface area contributed by atoms with E-state index >= 15 is 0 Å². The third kappa shape index (κ3) is 3.63. The van der Waals surface area contributed by atoms with Crippen molar-refractivity contribution in [3.05, 3.63) is 71.4 Å². The second kappa shape index (κ2) is 7.04. The number of benzene rings is 2. The number of nitrogens with zero attached hydrogens (tertiary/aromatic N) is 1. The number of piperidine rings is 1. The highest BCUT2D eigenvalue weighted by Crippen LogP contribution is 2.30. The summed E-state index contributed by atoms with van der Waals surface area (Å²) in [6, 6.07) is 10.9. The minimum Gasteiger partial charge on any atom is -0.329 e. The van der Waals surface area contributed by atoms with Crippen LogP contribution in [0.15, 0.2) is 59.6 Å². The highest BCUT2D eigenvalue weighted by Gasteiger charge is 2.38. The van der Waals surface area contributed by atoms with Crippen molar-refractivity contribution in [2.75, 3.05) is 4.72 Å². The molecule has 0 bridgehead atoms. The van der Waals surface area contributed by atoms with Gasteiger partial charge in [-0.3, -0.25) is 14.3 Å². The topological polar surface area (TPSA) is 95.6 Å². The van der Waals surface area contributed by atoms with Crippen molar-refractivity contribution in [3.63, 3.8) is 0 Å². The minimum absolute atomic E-state index is 0.176. The molecule has 0 aromatic heterocycles. The lowest BCUT2D eigenvalue weighted by Crippen LogP contribution is -2.49. The molecule has 1 saturated heterocycles. The van der Waals surface area contributed by atoms with E-state index in [4.69, 9.17) is 0 Å². The van der Waals surface area contributed by atoms with E-state index in [0.29, 0.717) is 35.4 Å². The van der Waals surface area contributed by atoms with Crippen molar-refractivity contribution >= 4 is 27.5 Å². The third-order valence-electron chi connectivity index (χ3n) is 5.19. The quantitative estimate of drug-likeness (QED) is 0.808. The second-order valence-corrected chi connectivity index (χ2v) is 9.06. The average molecular weight is 411 g/mol. The van der Waals surface area contributed by atoms with Gasteiger partial charge in [0.15, 0.2) is 0 Å². The summed E-state index contributed by atoms with van der Waals surface area (Å²) < 4.78 is 27.9. The van der Waals surface area contributed by atoms with E-state index in [-0.39, 0.29) is 23.3 Å². The van der Waals surface area contributed by atoms with Crippen LogP contribution in [0.25, 0.3) is 0 Å². The average Bonchev–Trinajstić information content (AvgIpc) is 2.97. The molecule has 4 rings (SSSR count). The molecule has 1 fully saturated rings. The second-order valence-electron chi connectivity index (χ2n) is 7.37. The maximum absolute atomic E-state index is 12.8. The molecule has 8 heteroatoms. The first-order valence-corrected chi connectivity index (χ1v) is 10.7. The number of amides is 2. The number of rotatable bonds is 4. The van der Waals surface area contributed by atoms with Gasteiger partial charge in [0, 0.05) is 23.5 Å². The predicted octanol–water partition coefficient (Wildman–Crippen LogP) is 2.54. The van der Waals surface area contributed by atoms with Crippen LogP contribution in [0, 0.1) is 6.92 Å². The molecule has 2 aromatic rings. The lowest BCUT2D eigenvalue weighted by molar-refractivity contribution is -0.126. The van der Waals surface area contributed by atoms with E-state index in [0.717, 1.165) is 5.56 Å². The molecule has 2 N–H and O–H groups in total. The smallest absolute Gasteiger partial charge is 0.261 e. The molecule has 29 heavy (non-hydrogen) atoms. The number of nitrogens with one attached hydrogen (secondary N) is 2. The van der Waals surface area contributed by atoms with Gasteiger partial charge in [0.25, 0.3) is 15.9 Å². The van der Waals surface area contributed by atoms with Crippen LogP contribution in [0.4, 0.5) is 5.69 Å². The first kappa shape index (κ1) is 19.2. The molecule has 150 valence electrons. The third-order valence-corrected chi connectivity index (χ3v) is 6.57. The Morgan fingerprint density at radius 1 is 1.17 bits per heavy atom. The van der Waals surface area contributed by atoms with Crippen molar-refractivity contribution in [1.29, 1.82) is 0 Å². The van der Waals surface area contributed by atoms with Crippen molar-refractivity contribution in [1.82, 2.24) is 10.2 Å². The lowest BCUT2D eigenvalue weighted by Gasteiger charge is -2.30. The summed E-state index contributed by atoms with van der Waals surface area (Å²) in [6.45, 7) is 5.85. The van der Waals surface area contributed by atoms with Crippen molar-refractivity contribution in [3.8, 4) is 0 Å². The molecule has 7 nitrogen and oxygen atoms in total. The first-order valence-electron chi connectivity index (χ1n) is 9.26. The molecule has 2 aliphatic heterocycles. The summed E-state index contributed by atoms with van der Waals surface area (Å²) in [5, 5.41) is 2.70. The zero-order valence-electron chi connectivity index (χ0n) is 15.9. The van der Waals surface area contributed by atoms with Crippen LogP contribution in [0.3, 0.4) is 0 Å². The maximum Gasteiger partial charge on any atom is 0.261 e. The van der Waals surface area contributed by atoms with Gasteiger partial charge in [0.2, 0.25) is 5.91 Å². The van der Waals surface area contributed by atoms with E-state index in [1.807, 2.05) is 13.0 Å². The summed E-state index contributed by atoms with van der Waals surface area (Å²) in [7, 11) is -3.74. The van der Waals surface area contributed by atoms with Gasteiger partial charge in [-0.1, -0.05) is 18.7 Å². The van der Waals surface area contributed by atoms with Gasteiger partial charge < -0.3 is 10.2 Å². The highest BCUT2D eigenvalue weighted by atomic mass is 32.2. The van der Waals surface area contributed by atoms with Gasteiger partial charge >= 0.3 is 0 Å². The Morgan fingerprint density at radius 3 is 2.69 bits per heavy atom. The maximum atomic E-state index is 12.8. The van der Waals surface area contributed by atoms with Crippen molar-refractivity contribution in [2.45, 2.75) is 37.2 Å². The molecular formula is C21H21N3O4S. The van der Waals surface area contributed by atoms with Gasteiger partial charge in [-0.15, -0.1) is 0 Å². The number of hydrogen-bond donors (Lipinski definition) is 2. The molecule has 2 amide bonds. The normalized spacial score (nSPS) is 19.1. The van der Waals surface area contributed by atoms with E-state index in [1.54, 1.807) is 30.3 Å². The zero-order valence-corrected chi connectivity index (χ0v) is 16.8. The fourth-order valence-electron chi connectivity index (χ4n) is 3.71. The fourth-order valence-corrected chi connectivity index (χ4v) is 4.87. The number of allylic oxidation sites excluding steroid dienone is 1. The number of carbonyl (C=O) groups excluding carboxylic acids is 2. The molecule has 1 unspecified atom stereocenters. The molecule has 2 aromatic carbocycles. The number of anilines is 1. The van der Waals surface area contributed by atoms with Crippen LogP contribution in [0.5, 0.6) is 0 Å². The molecule has 0 spiro atoms. The van der Waals surface area contributed by atoms with E-state index in [9.17, 15) is 18.0 Å². The molecule has 2 heterocycles. The van der Waals surface area contributed by atoms with Gasteiger partial charge in [0.1, 0.15) is 6.04 Å². The van der Waals surface area contributed by atoms with Crippen LogP contribution in [-0.2, 0) is 21.4 Å². The minimum atomic E-state index is -3.74. The first-order chi connectivity index (χ1) is 13.7. The SMILES string of the molecule is C=C1CCC(N2Cc3cc(NS(=O)(=O)c4cccc(C)c4)ccc3C2=O)C(=O)N1. The molecule has 0 aliphatic carbocycles. The Labute approximate surface area is 169 Å². The van der Waals surface area contributed by atoms with Gasteiger partial charge in [-0.2, -0.15) is 0 Å². The van der Waals surface area contributed by atoms with Crippen LogP contribution in [0.2, 0.25) is 0 Å². The van der Waals surface area contributed by atoms with Gasteiger partial charge in [-0.25, -0.2) is 8.42 Å². The number of sulfonamides is 1. The van der Waals surface area contributed by atoms with Crippen molar-refractivity contribution < 1.29 is 18.0 Å².